The largest absolute Gasteiger partial charge is 0.380 e. The maximum Gasteiger partial charge on any atom is 0.241 e. The predicted octanol–water partition coefficient (Wildman–Crippen LogP) is 1.35. The second kappa shape index (κ2) is 5.46. The molecule has 0 saturated carbocycles. The fraction of sp³-hybridized carbons (Fsp3) is 0.462. The molecule has 3 heterocycles. The van der Waals surface area contributed by atoms with Gasteiger partial charge in [0.1, 0.15) is 5.69 Å². The van der Waals surface area contributed by atoms with Crippen LogP contribution in [0.3, 0.4) is 0 Å². The van der Waals surface area contributed by atoms with Gasteiger partial charge in [0, 0.05) is 18.8 Å². The van der Waals surface area contributed by atoms with E-state index in [2.05, 4.69) is 20.0 Å². The van der Waals surface area contributed by atoms with Gasteiger partial charge in [-0.05, 0) is 25.6 Å². The normalized spacial score (nSPS) is 19.2. The Kier molecular flexibility index (Phi) is 3.52. The molecule has 100 valence electrons. The van der Waals surface area contributed by atoms with Gasteiger partial charge in [-0.3, -0.25) is 9.88 Å². The van der Waals surface area contributed by atoms with Gasteiger partial charge in [-0.25, -0.2) is 0 Å². The van der Waals surface area contributed by atoms with Gasteiger partial charge in [-0.2, -0.15) is 4.98 Å². The minimum absolute atomic E-state index is 0.435. The molecular formula is C13H16N4O2. The van der Waals surface area contributed by atoms with E-state index in [1.54, 1.807) is 6.20 Å². The van der Waals surface area contributed by atoms with Crippen molar-refractivity contribution in [2.45, 2.75) is 19.0 Å². The van der Waals surface area contributed by atoms with Crippen LogP contribution in [0.2, 0.25) is 0 Å². The van der Waals surface area contributed by atoms with Crippen molar-refractivity contribution in [3.8, 4) is 11.5 Å². The summed E-state index contributed by atoms with van der Waals surface area (Å²) < 4.78 is 10.6. The van der Waals surface area contributed by atoms with E-state index in [-0.39, 0.29) is 0 Å². The molecule has 0 radical (unpaired) electrons. The van der Waals surface area contributed by atoms with Crippen molar-refractivity contribution in [1.29, 1.82) is 0 Å². The smallest absolute Gasteiger partial charge is 0.241 e. The molecule has 1 aliphatic rings. The molecule has 0 unspecified atom stereocenters. The summed E-state index contributed by atoms with van der Waals surface area (Å²) in [5.41, 5.74) is 0.726. The fourth-order valence-electron chi connectivity index (χ4n) is 2.13. The third-order valence-corrected chi connectivity index (χ3v) is 3.28. The molecule has 2 aromatic heterocycles. The number of rotatable bonds is 4. The SMILES string of the molecule is CN(Cc1nc(-c2ccccn2)no1)[C@@H]1CCOC1. The first-order valence-corrected chi connectivity index (χ1v) is 6.35. The van der Waals surface area contributed by atoms with Crippen molar-refractivity contribution < 1.29 is 9.26 Å². The van der Waals surface area contributed by atoms with Gasteiger partial charge in [-0.1, -0.05) is 11.2 Å². The van der Waals surface area contributed by atoms with Crippen LogP contribution in [0, 0.1) is 0 Å². The highest BCUT2D eigenvalue weighted by Crippen LogP contribution is 2.16. The van der Waals surface area contributed by atoms with Crippen LogP contribution in [0.5, 0.6) is 0 Å². The molecule has 1 aliphatic heterocycles. The topological polar surface area (TPSA) is 64.3 Å². The molecule has 6 heteroatoms. The predicted molar refractivity (Wildman–Crippen MR) is 68.2 cm³/mol. The van der Waals surface area contributed by atoms with Crippen LogP contribution in [0.15, 0.2) is 28.9 Å². The molecule has 3 rings (SSSR count). The first kappa shape index (κ1) is 12.3. The Morgan fingerprint density at radius 1 is 1.42 bits per heavy atom. The molecular weight excluding hydrogens is 244 g/mol. The van der Waals surface area contributed by atoms with Crippen molar-refractivity contribution in [3.05, 3.63) is 30.3 Å². The van der Waals surface area contributed by atoms with Gasteiger partial charge in [0.25, 0.3) is 0 Å². The van der Waals surface area contributed by atoms with Gasteiger partial charge >= 0.3 is 0 Å². The van der Waals surface area contributed by atoms with Crippen molar-refractivity contribution in [1.82, 2.24) is 20.0 Å². The van der Waals surface area contributed by atoms with Gasteiger partial charge < -0.3 is 9.26 Å². The summed E-state index contributed by atoms with van der Waals surface area (Å²) in [6.07, 6.45) is 2.77. The lowest BCUT2D eigenvalue weighted by Gasteiger charge is -2.20. The first-order chi connectivity index (χ1) is 9.33. The van der Waals surface area contributed by atoms with Crippen molar-refractivity contribution in [3.63, 3.8) is 0 Å². The van der Waals surface area contributed by atoms with E-state index >= 15 is 0 Å². The molecule has 0 bridgehead atoms. The van der Waals surface area contributed by atoms with Gasteiger partial charge in [0.2, 0.25) is 11.7 Å². The highest BCUT2D eigenvalue weighted by molar-refractivity contribution is 5.46. The Morgan fingerprint density at radius 3 is 3.11 bits per heavy atom. The van der Waals surface area contributed by atoms with Gasteiger partial charge in [0.15, 0.2) is 0 Å². The van der Waals surface area contributed by atoms with Crippen molar-refractivity contribution in [2.75, 3.05) is 20.3 Å². The molecule has 19 heavy (non-hydrogen) atoms. The molecule has 1 fully saturated rings. The van der Waals surface area contributed by atoms with Crippen LogP contribution in [0.1, 0.15) is 12.3 Å². The zero-order valence-electron chi connectivity index (χ0n) is 10.8. The molecule has 1 atom stereocenters. The van der Waals surface area contributed by atoms with Crippen molar-refractivity contribution in [2.24, 2.45) is 0 Å². The van der Waals surface area contributed by atoms with E-state index in [1.807, 2.05) is 25.2 Å². The Hall–Kier alpha value is -1.79. The molecule has 0 amide bonds. The van der Waals surface area contributed by atoms with E-state index < -0.39 is 0 Å². The minimum Gasteiger partial charge on any atom is -0.380 e. The lowest BCUT2D eigenvalue weighted by molar-refractivity contribution is 0.148. The van der Waals surface area contributed by atoms with Crippen LogP contribution >= 0.6 is 0 Å². The average molecular weight is 260 g/mol. The van der Waals surface area contributed by atoms with Crippen molar-refractivity contribution >= 4 is 0 Å². The van der Waals surface area contributed by atoms with Gasteiger partial charge in [-0.15, -0.1) is 0 Å². The zero-order valence-corrected chi connectivity index (χ0v) is 10.8. The molecule has 0 aliphatic carbocycles. The minimum atomic E-state index is 0.435. The summed E-state index contributed by atoms with van der Waals surface area (Å²) in [6, 6.07) is 6.06. The fourth-order valence-corrected chi connectivity index (χ4v) is 2.13. The summed E-state index contributed by atoms with van der Waals surface area (Å²) in [5.74, 6) is 1.14. The molecule has 1 saturated heterocycles. The highest BCUT2D eigenvalue weighted by atomic mass is 16.5. The molecule has 0 aromatic carbocycles. The summed E-state index contributed by atoms with van der Waals surface area (Å²) >= 11 is 0. The van der Waals surface area contributed by atoms with E-state index in [4.69, 9.17) is 9.26 Å². The summed E-state index contributed by atoms with van der Waals surface area (Å²) in [5, 5.41) is 3.96. The van der Waals surface area contributed by atoms with Crippen LogP contribution < -0.4 is 0 Å². The monoisotopic (exact) mass is 260 g/mol. The molecule has 6 nitrogen and oxygen atoms in total. The second-order valence-corrected chi connectivity index (χ2v) is 4.66. The van der Waals surface area contributed by atoms with Gasteiger partial charge in [0.05, 0.1) is 13.2 Å². The van der Waals surface area contributed by atoms with Crippen LogP contribution in [0.25, 0.3) is 11.5 Å². The van der Waals surface area contributed by atoms with E-state index in [0.29, 0.717) is 24.3 Å². The Bertz CT molecular complexity index is 522. The van der Waals surface area contributed by atoms with E-state index in [1.165, 1.54) is 0 Å². The van der Waals surface area contributed by atoms with E-state index in [9.17, 15) is 0 Å². The van der Waals surface area contributed by atoms with Crippen LogP contribution in [-0.2, 0) is 11.3 Å². The summed E-state index contributed by atoms with van der Waals surface area (Å²) in [6.45, 7) is 2.24. The average Bonchev–Trinajstić information content (AvgIpc) is 3.11. The quantitative estimate of drug-likeness (QED) is 0.827. The number of hydrogen-bond donors (Lipinski definition) is 0. The van der Waals surface area contributed by atoms with E-state index in [0.717, 1.165) is 25.3 Å². The highest BCUT2D eigenvalue weighted by Gasteiger charge is 2.22. The lowest BCUT2D eigenvalue weighted by Crippen LogP contribution is -2.31. The standard InChI is InChI=1S/C13H16N4O2/c1-17(10-5-7-18-9-10)8-12-15-13(16-19-12)11-4-2-3-6-14-11/h2-4,6,10H,5,7-9H2,1H3/t10-/m1/s1. The maximum atomic E-state index is 5.37. The maximum absolute atomic E-state index is 5.37. The number of pyridine rings is 1. The summed E-state index contributed by atoms with van der Waals surface area (Å²) in [4.78, 5) is 10.8. The number of nitrogens with zero attached hydrogens (tertiary/aromatic N) is 4. The number of ether oxygens (including phenoxy) is 1. The molecule has 0 N–H and O–H groups in total. The molecule has 2 aromatic rings. The Labute approximate surface area is 111 Å². The first-order valence-electron chi connectivity index (χ1n) is 6.35. The summed E-state index contributed by atoms with van der Waals surface area (Å²) in [7, 11) is 2.05. The lowest BCUT2D eigenvalue weighted by atomic mass is 10.2. The Balaban J connectivity index is 1.68. The number of aromatic nitrogens is 3. The Morgan fingerprint density at radius 2 is 2.37 bits per heavy atom. The number of likely N-dealkylation sites (N-methyl/N-ethyl adjacent to an activating group) is 1. The molecule has 0 spiro atoms. The van der Waals surface area contributed by atoms with Crippen LogP contribution in [0.4, 0.5) is 0 Å². The third-order valence-electron chi connectivity index (χ3n) is 3.28. The number of hydrogen-bond acceptors (Lipinski definition) is 6. The second-order valence-electron chi connectivity index (χ2n) is 4.66. The van der Waals surface area contributed by atoms with Crippen LogP contribution in [-0.4, -0.2) is 46.3 Å². The third kappa shape index (κ3) is 2.80. The zero-order chi connectivity index (χ0) is 13.1.